The van der Waals surface area contributed by atoms with E-state index in [0.29, 0.717) is 41.4 Å². The molecule has 0 aliphatic carbocycles. The average Bonchev–Trinajstić information content (AvgIpc) is 3.05. The molecule has 2 amide bonds. The second-order valence-electron chi connectivity index (χ2n) is 8.26. The maximum absolute atomic E-state index is 13.5. The van der Waals surface area contributed by atoms with Crippen LogP contribution in [0.4, 0.5) is 10.1 Å². The van der Waals surface area contributed by atoms with Crippen molar-refractivity contribution in [2.24, 2.45) is 0 Å². The summed E-state index contributed by atoms with van der Waals surface area (Å²) < 4.78 is 19.2. The van der Waals surface area contributed by atoms with E-state index in [2.05, 4.69) is 11.8 Å². The smallest absolute Gasteiger partial charge is 0.282 e. The molecule has 0 atom stereocenters. The Morgan fingerprint density at radius 1 is 0.906 bits per heavy atom. The van der Waals surface area contributed by atoms with Gasteiger partial charge in [0.25, 0.3) is 11.8 Å². The molecule has 1 saturated heterocycles. The van der Waals surface area contributed by atoms with Crippen molar-refractivity contribution in [3.8, 4) is 5.75 Å². The van der Waals surface area contributed by atoms with Gasteiger partial charge in [0.05, 0.1) is 17.4 Å². The summed E-state index contributed by atoms with van der Waals surface area (Å²) in [7, 11) is 0. The highest BCUT2D eigenvalue weighted by Gasteiger charge is 2.43. The predicted molar refractivity (Wildman–Crippen MR) is 122 cm³/mol. The van der Waals surface area contributed by atoms with Gasteiger partial charge in [0.1, 0.15) is 17.3 Å². The third kappa shape index (κ3) is 4.25. The van der Waals surface area contributed by atoms with Crippen molar-refractivity contribution in [2.45, 2.75) is 26.9 Å². The Hall–Kier alpha value is -3.19. The molecule has 1 fully saturated rings. The van der Waals surface area contributed by atoms with Crippen molar-refractivity contribution in [1.29, 1.82) is 0 Å². The largest absolute Gasteiger partial charge is 0.491 e. The van der Waals surface area contributed by atoms with Gasteiger partial charge in [-0.3, -0.25) is 9.59 Å². The number of likely N-dealkylation sites (N-methyl/N-ethyl adjacent to an activating group) is 1. The van der Waals surface area contributed by atoms with Crippen LogP contribution in [-0.2, 0) is 9.59 Å². The van der Waals surface area contributed by atoms with Gasteiger partial charge in [-0.05, 0) is 62.4 Å². The molecule has 7 heteroatoms. The molecule has 4 rings (SSSR count). The average molecular weight is 438 g/mol. The molecule has 168 valence electrons. The van der Waals surface area contributed by atoms with Gasteiger partial charge in [-0.15, -0.1) is 0 Å². The molecule has 32 heavy (non-hydrogen) atoms. The first kappa shape index (κ1) is 22.0. The normalized spacial score (nSPS) is 17.7. The molecule has 2 aromatic rings. The molecule has 0 N–H and O–H groups in total. The molecule has 2 aliphatic rings. The first-order valence-corrected chi connectivity index (χ1v) is 11.0. The number of imide groups is 1. The Morgan fingerprint density at radius 2 is 1.53 bits per heavy atom. The summed E-state index contributed by atoms with van der Waals surface area (Å²) in [6, 6.07) is 12.7. The molecule has 2 aromatic carbocycles. The summed E-state index contributed by atoms with van der Waals surface area (Å²) in [5.41, 5.74) is 1.81. The van der Waals surface area contributed by atoms with Gasteiger partial charge in [0, 0.05) is 26.2 Å². The Balaban J connectivity index is 1.73. The van der Waals surface area contributed by atoms with Gasteiger partial charge in [0.2, 0.25) is 0 Å². The summed E-state index contributed by atoms with van der Waals surface area (Å²) in [5.74, 6) is -0.483. The van der Waals surface area contributed by atoms with E-state index in [-0.39, 0.29) is 12.0 Å². The maximum Gasteiger partial charge on any atom is 0.282 e. The minimum Gasteiger partial charge on any atom is -0.491 e. The van der Waals surface area contributed by atoms with E-state index in [1.165, 1.54) is 24.3 Å². The fourth-order valence-electron chi connectivity index (χ4n) is 4.16. The Bertz CT molecular complexity index is 1020. The summed E-state index contributed by atoms with van der Waals surface area (Å²) in [6.07, 6.45) is 0.0362. The van der Waals surface area contributed by atoms with E-state index in [1.54, 1.807) is 0 Å². The van der Waals surface area contributed by atoms with Gasteiger partial charge in [-0.2, -0.15) is 0 Å². The minimum absolute atomic E-state index is 0.0362. The highest BCUT2D eigenvalue weighted by molar-refractivity contribution is 6.45. The van der Waals surface area contributed by atoms with E-state index >= 15 is 0 Å². The van der Waals surface area contributed by atoms with Crippen LogP contribution in [0.2, 0.25) is 0 Å². The summed E-state index contributed by atoms with van der Waals surface area (Å²) in [4.78, 5) is 32.5. The second-order valence-corrected chi connectivity index (χ2v) is 8.26. The van der Waals surface area contributed by atoms with Crippen LogP contribution in [0.15, 0.2) is 54.2 Å². The van der Waals surface area contributed by atoms with E-state index in [4.69, 9.17) is 4.74 Å². The third-order valence-corrected chi connectivity index (χ3v) is 5.79. The second kappa shape index (κ2) is 9.12. The van der Waals surface area contributed by atoms with Crippen molar-refractivity contribution in [3.63, 3.8) is 0 Å². The lowest BCUT2D eigenvalue weighted by atomic mass is 10.0. The zero-order chi connectivity index (χ0) is 22.8. The molecule has 0 radical (unpaired) electrons. The van der Waals surface area contributed by atoms with E-state index in [0.717, 1.165) is 24.5 Å². The number of carbonyl (C=O) groups is 2. The van der Waals surface area contributed by atoms with Gasteiger partial charge >= 0.3 is 0 Å². The lowest BCUT2D eigenvalue weighted by Gasteiger charge is -2.36. The van der Waals surface area contributed by atoms with Crippen LogP contribution in [0.1, 0.15) is 26.3 Å². The standard InChI is InChI=1S/C25H28FN3O3/c1-4-27-13-15-28(16-14-27)23-22(18-5-11-21(12-6-18)32-17(2)3)24(30)29(25(23)31)20-9-7-19(26)8-10-20/h5-12,17H,4,13-16H2,1-3H3. The molecule has 0 bridgehead atoms. The first-order valence-electron chi connectivity index (χ1n) is 11.0. The predicted octanol–water partition coefficient (Wildman–Crippen LogP) is 3.53. The number of ether oxygens (including phenoxy) is 1. The number of amides is 2. The molecule has 2 heterocycles. The fourth-order valence-corrected chi connectivity index (χ4v) is 4.16. The highest BCUT2D eigenvalue weighted by Crippen LogP contribution is 2.35. The van der Waals surface area contributed by atoms with Crippen molar-refractivity contribution in [2.75, 3.05) is 37.6 Å². The molecule has 0 unspecified atom stereocenters. The van der Waals surface area contributed by atoms with Gasteiger partial charge in [-0.25, -0.2) is 9.29 Å². The van der Waals surface area contributed by atoms with Crippen LogP contribution in [0.5, 0.6) is 5.75 Å². The molecular weight excluding hydrogens is 409 g/mol. The number of carbonyl (C=O) groups excluding carboxylic acids is 2. The fraction of sp³-hybridized carbons (Fsp3) is 0.360. The molecular formula is C25H28FN3O3. The number of rotatable bonds is 6. The molecule has 0 saturated carbocycles. The lowest BCUT2D eigenvalue weighted by Crippen LogP contribution is -2.47. The zero-order valence-corrected chi connectivity index (χ0v) is 18.7. The van der Waals surface area contributed by atoms with Gasteiger partial charge < -0.3 is 14.5 Å². The summed E-state index contributed by atoms with van der Waals surface area (Å²) >= 11 is 0. The number of piperazine rings is 1. The number of nitrogens with zero attached hydrogens (tertiary/aromatic N) is 3. The summed E-state index contributed by atoms with van der Waals surface area (Å²) in [6.45, 7) is 9.94. The maximum atomic E-state index is 13.5. The number of halogens is 1. The van der Waals surface area contributed by atoms with Crippen LogP contribution >= 0.6 is 0 Å². The minimum atomic E-state index is -0.419. The van der Waals surface area contributed by atoms with Crippen molar-refractivity contribution in [1.82, 2.24) is 9.80 Å². The van der Waals surface area contributed by atoms with Crippen molar-refractivity contribution in [3.05, 3.63) is 65.6 Å². The number of hydrogen-bond acceptors (Lipinski definition) is 5. The van der Waals surface area contributed by atoms with Crippen LogP contribution < -0.4 is 9.64 Å². The van der Waals surface area contributed by atoms with Gasteiger partial charge in [-0.1, -0.05) is 19.1 Å². The molecule has 0 spiro atoms. The number of benzene rings is 2. The quantitative estimate of drug-likeness (QED) is 0.647. The van der Waals surface area contributed by atoms with Crippen molar-refractivity contribution >= 4 is 23.1 Å². The van der Waals surface area contributed by atoms with E-state index in [9.17, 15) is 14.0 Å². The Morgan fingerprint density at radius 3 is 2.09 bits per heavy atom. The Kier molecular flexibility index (Phi) is 6.28. The summed E-state index contributed by atoms with van der Waals surface area (Å²) in [5, 5.41) is 0. The van der Waals surface area contributed by atoms with E-state index in [1.807, 2.05) is 43.0 Å². The number of hydrogen-bond donors (Lipinski definition) is 0. The van der Waals surface area contributed by atoms with Gasteiger partial charge in [0.15, 0.2) is 0 Å². The lowest BCUT2D eigenvalue weighted by molar-refractivity contribution is -0.120. The molecule has 0 aromatic heterocycles. The third-order valence-electron chi connectivity index (χ3n) is 5.79. The molecule has 6 nitrogen and oxygen atoms in total. The van der Waals surface area contributed by atoms with E-state index < -0.39 is 11.7 Å². The molecule has 2 aliphatic heterocycles. The zero-order valence-electron chi connectivity index (χ0n) is 18.7. The first-order chi connectivity index (χ1) is 15.4. The van der Waals surface area contributed by atoms with Crippen molar-refractivity contribution < 1.29 is 18.7 Å². The SMILES string of the molecule is CCN1CCN(C2=C(c3ccc(OC(C)C)cc3)C(=O)N(c3ccc(F)cc3)C2=O)CC1. The monoisotopic (exact) mass is 437 g/mol. The van der Waals surface area contributed by atoms with Crippen LogP contribution in [-0.4, -0.2) is 60.4 Å². The highest BCUT2D eigenvalue weighted by atomic mass is 19.1. The van der Waals surface area contributed by atoms with Crippen LogP contribution in [0.25, 0.3) is 5.57 Å². The topological polar surface area (TPSA) is 53.1 Å². The van der Waals surface area contributed by atoms with Crippen LogP contribution in [0, 0.1) is 5.82 Å². The van der Waals surface area contributed by atoms with Crippen LogP contribution in [0.3, 0.4) is 0 Å². The Labute approximate surface area is 187 Å². The number of anilines is 1.